The summed E-state index contributed by atoms with van der Waals surface area (Å²) in [5.74, 6) is 1.12. The van der Waals surface area contributed by atoms with Crippen LogP contribution < -0.4 is 4.90 Å². The highest BCUT2D eigenvalue weighted by atomic mass is 16.5. The molecule has 1 saturated heterocycles. The fraction of sp³-hybridized carbons (Fsp3) is 0.222. The van der Waals surface area contributed by atoms with Gasteiger partial charge in [-0.2, -0.15) is 15.3 Å². The van der Waals surface area contributed by atoms with Gasteiger partial charge in [0.25, 0.3) is 5.89 Å². The minimum atomic E-state index is -0.547. The number of hydrogen-bond donors (Lipinski definition) is 0. The lowest BCUT2D eigenvalue weighted by Crippen LogP contribution is -2.42. The van der Waals surface area contributed by atoms with Crippen molar-refractivity contribution in [1.29, 1.82) is 5.26 Å². The molecule has 5 aromatic rings. The third-order valence-corrected chi connectivity index (χ3v) is 6.82. The molecule has 172 valence electrons. The number of rotatable bonds is 4. The molecule has 0 N–H and O–H groups in total. The Morgan fingerprint density at radius 2 is 1.80 bits per heavy atom. The summed E-state index contributed by atoms with van der Waals surface area (Å²) in [5.41, 5.74) is 5.47. The standard InChI is InChI=1S/C27H23N7O/c1-19-31-26(35-32-19)21-9-7-20(8-10-21)22-17-30-34-14-4-5-23(25(22)34)33-15-11-27(18-28,12-16-33)24-6-2-3-13-29-24/h2-10,13-14,17H,11-12,15-16H2,1H3. The van der Waals surface area contributed by atoms with E-state index in [1.165, 1.54) is 0 Å². The molecule has 1 aliphatic heterocycles. The number of aryl methyl sites for hydroxylation is 1. The van der Waals surface area contributed by atoms with Gasteiger partial charge in [0.05, 0.1) is 29.2 Å². The van der Waals surface area contributed by atoms with E-state index < -0.39 is 5.41 Å². The van der Waals surface area contributed by atoms with Gasteiger partial charge < -0.3 is 9.42 Å². The van der Waals surface area contributed by atoms with E-state index in [1.807, 2.05) is 53.3 Å². The minimum Gasteiger partial charge on any atom is -0.370 e. The monoisotopic (exact) mass is 461 g/mol. The zero-order chi connectivity index (χ0) is 23.8. The van der Waals surface area contributed by atoms with Crippen molar-refractivity contribution in [3.8, 4) is 28.7 Å². The first-order valence-electron chi connectivity index (χ1n) is 11.6. The van der Waals surface area contributed by atoms with Gasteiger partial charge in [-0.05, 0) is 61.7 Å². The summed E-state index contributed by atoms with van der Waals surface area (Å²) in [5, 5.41) is 18.5. The third kappa shape index (κ3) is 3.62. The Morgan fingerprint density at radius 3 is 2.49 bits per heavy atom. The van der Waals surface area contributed by atoms with Gasteiger partial charge in [0.15, 0.2) is 5.82 Å². The van der Waals surface area contributed by atoms with Crippen molar-refractivity contribution >= 4 is 11.2 Å². The molecule has 0 spiro atoms. The predicted octanol–water partition coefficient (Wildman–Crippen LogP) is 4.82. The molecule has 8 heteroatoms. The number of hydrogen-bond acceptors (Lipinski definition) is 7. The first kappa shape index (κ1) is 21.1. The molecule has 5 heterocycles. The molecular weight excluding hydrogens is 438 g/mol. The zero-order valence-electron chi connectivity index (χ0n) is 19.3. The Bertz CT molecular complexity index is 1520. The lowest BCUT2D eigenvalue weighted by atomic mass is 9.76. The first-order chi connectivity index (χ1) is 17.2. The number of piperidine rings is 1. The summed E-state index contributed by atoms with van der Waals surface area (Å²) in [6, 6.07) is 20.6. The molecule has 0 bridgehead atoms. The van der Waals surface area contributed by atoms with E-state index in [1.54, 1.807) is 13.1 Å². The Kier molecular flexibility index (Phi) is 5.03. The molecule has 6 rings (SSSR count). The highest BCUT2D eigenvalue weighted by Crippen LogP contribution is 2.38. The fourth-order valence-corrected chi connectivity index (χ4v) is 4.90. The number of benzene rings is 1. The van der Waals surface area contributed by atoms with Crippen LogP contribution in [-0.2, 0) is 5.41 Å². The molecule has 0 saturated carbocycles. The van der Waals surface area contributed by atoms with Crippen molar-refractivity contribution in [1.82, 2.24) is 24.7 Å². The van der Waals surface area contributed by atoms with E-state index in [-0.39, 0.29) is 0 Å². The maximum absolute atomic E-state index is 10.1. The fourth-order valence-electron chi connectivity index (χ4n) is 4.90. The van der Waals surface area contributed by atoms with Crippen LogP contribution in [0, 0.1) is 18.3 Å². The van der Waals surface area contributed by atoms with Gasteiger partial charge in [0, 0.05) is 36.6 Å². The van der Waals surface area contributed by atoms with Crippen LogP contribution in [0.3, 0.4) is 0 Å². The molecule has 8 nitrogen and oxygen atoms in total. The summed E-state index contributed by atoms with van der Waals surface area (Å²) in [6.07, 6.45) is 7.09. The average molecular weight is 462 g/mol. The topological polar surface area (TPSA) is 96.1 Å². The largest absolute Gasteiger partial charge is 0.370 e. The van der Waals surface area contributed by atoms with Crippen LogP contribution in [0.2, 0.25) is 0 Å². The second-order valence-corrected chi connectivity index (χ2v) is 8.86. The molecular formula is C27H23N7O. The SMILES string of the molecule is Cc1noc(-c2ccc(-c3cnn4cccc(N5CCC(C#N)(c6ccccn6)CC5)c34)cc2)n1. The number of fused-ring (bicyclic) bond motifs is 1. The van der Waals surface area contributed by atoms with Crippen LogP contribution in [-0.4, -0.2) is 37.8 Å². The summed E-state index contributed by atoms with van der Waals surface area (Å²) < 4.78 is 7.22. The van der Waals surface area contributed by atoms with Crippen molar-refractivity contribution in [2.45, 2.75) is 25.2 Å². The molecule has 4 aromatic heterocycles. The van der Waals surface area contributed by atoms with Gasteiger partial charge in [-0.1, -0.05) is 23.4 Å². The number of aromatic nitrogens is 5. The quantitative estimate of drug-likeness (QED) is 0.379. The highest BCUT2D eigenvalue weighted by molar-refractivity contribution is 5.90. The number of nitrogens with zero attached hydrogens (tertiary/aromatic N) is 7. The highest BCUT2D eigenvalue weighted by Gasteiger charge is 2.38. The van der Waals surface area contributed by atoms with E-state index in [9.17, 15) is 5.26 Å². The summed E-state index contributed by atoms with van der Waals surface area (Å²) >= 11 is 0. The zero-order valence-corrected chi connectivity index (χ0v) is 19.3. The molecule has 1 aliphatic rings. The molecule has 0 aliphatic carbocycles. The Balaban J connectivity index is 1.32. The number of nitriles is 1. The van der Waals surface area contributed by atoms with Crippen molar-refractivity contribution < 1.29 is 4.52 Å². The van der Waals surface area contributed by atoms with Gasteiger partial charge in [0.2, 0.25) is 0 Å². The summed E-state index contributed by atoms with van der Waals surface area (Å²) in [6.45, 7) is 3.34. The summed E-state index contributed by atoms with van der Waals surface area (Å²) in [7, 11) is 0. The van der Waals surface area contributed by atoms with Crippen molar-refractivity contribution in [3.63, 3.8) is 0 Å². The number of anilines is 1. The first-order valence-corrected chi connectivity index (χ1v) is 11.6. The second-order valence-electron chi connectivity index (χ2n) is 8.86. The average Bonchev–Trinajstić information content (AvgIpc) is 3.56. The lowest BCUT2D eigenvalue weighted by Gasteiger charge is -2.38. The Hall–Kier alpha value is -4.51. The van der Waals surface area contributed by atoms with E-state index in [0.29, 0.717) is 11.7 Å². The van der Waals surface area contributed by atoms with Crippen molar-refractivity contribution in [2.75, 3.05) is 18.0 Å². The van der Waals surface area contributed by atoms with Crippen LogP contribution >= 0.6 is 0 Å². The van der Waals surface area contributed by atoms with E-state index in [0.717, 1.165) is 59.5 Å². The molecule has 35 heavy (non-hydrogen) atoms. The van der Waals surface area contributed by atoms with Crippen LogP contribution in [0.15, 0.2) is 77.7 Å². The molecule has 0 amide bonds. The van der Waals surface area contributed by atoms with Crippen molar-refractivity contribution in [2.24, 2.45) is 0 Å². The smallest absolute Gasteiger partial charge is 0.257 e. The van der Waals surface area contributed by atoms with E-state index >= 15 is 0 Å². The van der Waals surface area contributed by atoms with Crippen LogP contribution in [0.1, 0.15) is 24.4 Å². The second kappa shape index (κ2) is 8.37. The van der Waals surface area contributed by atoms with Crippen LogP contribution in [0.25, 0.3) is 28.1 Å². The lowest BCUT2D eigenvalue weighted by molar-refractivity contribution is 0.407. The van der Waals surface area contributed by atoms with Gasteiger partial charge in [-0.3, -0.25) is 4.98 Å². The Labute approximate surface area is 202 Å². The maximum atomic E-state index is 10.1. The molecule has 0 unspecified atom stereocenters. The van der Waals surface area contributed by atoms with Crippen LogP contribution in [0.4, 0.5) is 5.69 Å². The van der Waals surface area contributed by atoms with Gasteiger partial charge in [-0.15, -0.1) is 0 Å². The number of pyridine rings is 2. The molecule has 1 fully saturated rings. The van der Waals surface area contributed by atoms with Gasteiger partial charge >= 0.3 is 0 Å². The molecule has 0 atom stereocenters. The third-order valence-electron chi connectivity index (χ3n) is 6.82. The Morgan fingerprint density at radius 1 is 1.00 bits per heavy atom. The molecule has 1 aromatic carbocycles. The normalized spacial score (nSPS) is 15.3. The van der Waals surface area contributed by atoms with Crippen LogP contribution in [0.5, 0.6) is 0 Å². The maximum Gasteiger partial charge on any atom is 0.257 e. The minimum absolute atomic E-state index is 0.511. The van der Waals surface area contributed by atoms with E-state index in [2.05, 4.69) is 49.4 Å². The van der Waals surface area contributed by atoms with E-state index in [4.69, 9.17) is 4.52 Å². The van der Waals surface area contributed by atoms with Gasteiger partial charge in [-0.25, -0.2) is 4.52 Å². The predicted molar refractivity (Wildman–Crippen MR) is 132 cm³/mol. The summed E-state index contributed by atoms with van der Waals surface area (Å²) in [4.78, 5) is 11.2. The molecule has 0 radical (unpaired) electrons. The van der Waals surface area contributed by atoms with Crippen molar-refractivity contribution in [3.05, 3.63) is 84.7 Å². The van der Waals surface area contributed by atoms with Gasteiger partial charge in [0.1, 0.15) is 5.41 Å².